The van der Waals surface area contributed by atoms with Crippen molar-refractivity contribution >= 4 is 11.7 Å². The average molecular weight is 314 g/mol. The maximum Gasteiger partial charge on any atom is 0.319 e. The minimum atomic E-state index is -0.192. The van der Waals surface area contributed by atoms with Crippen molar-refractivity contribution < 1.29 is 9.21 Å². The first-order valence-electron chi connectivity index (χ1n) is 8.38. The number of furan rings is 1. The number of carbonyl (C=O) groups excluding carboxylic acids is 1. The fraction of sp³-hybridized carbons (Fsp3) is 0.529. The molecule has 0 saturated heterocycles. The molecule has 1 saturated carbocycles. The van der Waals surface area contributed by atoms with Crippen LogP contribution in [0.15, 0.2) is 29.1 Å². The molecule has 1 fully saturated rings. The van der Waals surface area contributed by atoms with Crippen molar-refractivity contribution in [2.75, 3.05) is 5.32 Å². The van der Waals surface area contributed by atoms with Crippen molar-refractivity contribution in [3.8, 4) is 0 Å². The summed E-state index contributed by atoms with van der Waals surface area (Å²) in [6.45, 7) is 2.18. The number of carbonyl (C=O) groups is 1. The van der Waals surface area contributed by atoms with Gasteiger partial charge in [-0.05, 0) is 44.6 Å². The van der Waals surface area contributed by atoms with Crippen molar-refractivity contribution in [1.29, 1.82) is 0 Å². The molecule has 0 spiro atoms. The third-order valence-electron chi connectivity index (χ3n) is 4.94. The molecule has 2 aliphatic carbocycles. The first kappa shape index (κ1) is 14.4. The number of anilines is 1. The van der Waals surface area contributed by atoms with Crippen LogP contribution >= 0.6 is 0 Å². The standard InChI is InChI=1S/C17H22N4O2/c1-11(12-5-6-12)21-10-13(9-18-21)19-17(22)20-15-3-2-4-16-14(15)7-8-23-16/h7-12,15H,2-6H2,1H3,(H2,19,20,22)/t11-,15+/m1/s1. The summed E-state index contributed by atoms with van der Waals surface area (Å²) >= 11 is 0. The summed E-state index contributed by atoms with van der Waals surface area (Å²) < 4.78 is 7.41. The normalized spacial score (nSPS) is 21.5. The highest BCUT2D eigenvalue weighted by Gasteiger charge is 2.29. The number of aromatic nitrogens is 2. The number of rotatable bonds is 4. The van der Waals surface area contributed by atoms with Crippen molar-refractivity contribution in [2.24, 2.45) is 5.92 Å². The Kier molecular flexibility index (Phi) is 3.59. The molecule has 0 radical (unpaired) electrons. The summed E-state index contributed by atoms with van der Waals surface area (Å²) in [6, 6.07) is 2.19. The smallest absolute Gasteiger partial charge is 0.319 e. The Labute approximate surface area is 135 Å². The van der Waals surface area contributed by atoms with Crippen LogP contribution in [0.4, 0.5) is 10.5 Å². The van der Waals surface area contributed by atoms with E-state index in [1.807, 2.05) is 16.9 Å². The summed E-state index contributed by atoms with van der Waals surface area (Å²) in [4.78, 5) is 12.2. The second-order valence-corrected chi connectivity index (χ2v) is 6.63. The van der Waals surface area contributed by atoms with Gasteiger partial charge in [-0.25, -0.2) is 4.79 Å². The number of amides is 2. The fourth-order valence-corrected chi connectivity index (χ4v) is 3.38. The lowest BCUT2D eigenvalue weighted by molar-refractivity contribution is 0.246. The van der Waals surface area contributed by atoms with E-state index in [1.54, 1.807) is 12.5 Å². The van der Waals surface area contributed by atoms with E-state index in [0.29, 0.717) is 6.04 Å². The fourth-order valence-electron chi connectivity index (χ4n) is 3.38. The number of aryl methyl sites for hydroxylation is 1. The van der Waals surface area contributed by atoms with Gasteiger partial charge in [-0.3, -0.25) is 4.68 Å². The van der Waals surface area contributed by atoms with E-state index < -0.39 is 0 Å². The van der Waals surface area contributed by atoms with Gasteiger partial charge in [0, 0.05) is 18.2 Å². The van der Waals surface area contributed by atoms with Gasteiger partial charge in [-0.1, -0.05) is 0 Å². The van der Waals surface area contributed by atoms with Gasteiger partial charge >= 0.3 is 6.03 Å². The van der Waals surface area contributed by atoms with E-state index in [0.717, 1.165) is 42.2 Å². The topological polar surface area (TPSA) is 72.1 Å². The third-order valence-corrected chi connectivity index (χ3v) is 4.94. The molecule has 122 valence electrons. The Morgan fingerprint density at radius 1 is 1.43 bits per heavy atom. The zero-order chi connectivity index (χ0) is 15.8. The van der Waals surface area contributed by atoms with Crippen LogP contribution in [0.3, 0.4) is 0 Å². The Hall–Kier alpha value is -2.24. The van der Waals surface area contributed by atoms with Gasteiger partial charge in [-0.15, -0.1) is 0 Å². The van der Waals surface area contributed by atoms with Gasteiger partial charge in [-0.2, -0.15) is 5.10 Å². The second kappa shape index (κ2) is 5.76. The Balaban J connectivity index is 1.37. The van der Waals surface area contributed by atoms with Gasteiger partial charge < -0.3 is 15.1 Å². The monoisotopic (exact) mass is 314 g/mol. The van der Waals surface area contributed by atoms with E-state index in [4.69, 9.17) is 4.42 Å². The summed E-state index contributed by atoms with van der Waals surface area (Å²) in [5.74, 6) is 1.73. The molecule has 2 aliphatic rings. The van der Waals surface area contributed by atoms with Gasteiger partial charge in [0.05, 0.1) is 30.2 Å². The van der Waals surface area contributed by atoms with Crippen LogP contribution < -0.4 is 10.6 Å². The molecular formula is C17H22N4O2. The highest BCUT2D eigenvalue weighted by Crippen LogP contribution is 2.39. The van der Waals surface area contributed by atoms with E-state index in [9.17, 15) is 4.79 Å². The van der Waals surface area contributed by atoms with Crippen LogP contribution in [0, 0.1) is 5.92 Å². The molecule has 2 heterocycles. The number of hydrogen-bond acceptors (Lipinski definition) is 3. The number of fused-ring (bicyclic) bond motifs is 1. The first-order chi connectivity index (χ1) is 11.2. The maximum atomic E-state index is 12.2. The molecular weight excluding hydrogens is 292 g/mol. The largest absolute Gasteiger partial charge is 0.469 e. The van der Waals surface area contributed by atoms with Crippen molar-refractivity contribution in [3.05, 3.63) is 36.0 Å². The minimum Gasteiger partial charge on any atom is -0.469 e. The van der Waals surface area contributed by atoms with Crippen molar-refractivity contribution in [2.45, 2.75) is 51.1 Å². The summed E-state index contributed by atoms with van der Waals surface area (Å²) in [5.41, 5.74) is 1.84. The van der Waals surface area contributed by atoms with Crippen LogP contribution in [-0.2, 0) is 6.42 Å². The highest BCUT2D eigenvalue weighted by molar-refractivity contribution is 5.89. The van der Waals surface area contributed by atoms with E-state index >= 15 is 0 Å². The predicted molar refractivity (Wildman–Crippen MR) is 86.2 cm³/mol. The van der Waals surface area contributed by atoms with E-state index in [2.05, 4.69) is 22.7 Å². The van der Waals surface area contributed by atoms with Crippen LogP contribution in [0.1, 0.15) is 56.0 Å². The Morgan fingerprint density at radius 3 is 3.13 bits per heavy atom. The third kappa shape index (κ3) is 2.98. The average Bonchev–Trinajstić information content (AvgIpc) is 3.08. The lowest BCUT2D eigenvalue weighted by Gasteiger charge is -2.22. The van der Waals surface area contributed by atoms with Gasteiger partial charge in [0.2, 0.25) is 0 Å². The maximum absolute atomic E-state index is 12.2. The van der Waals surface area contributed by atoms with Crippen molar-refractivity contribution in [1.82, 2.24) is 15.1 Å². The Bertz CT molecular complexity index is 701. The van der Waals surface area contributed by atoms with Gasteiger partial charge in [0.1, 0.15) is 5.76 Å². The van der Waals surface area contributed by atoms with Gasteiger partial charge in [0.25, 0.3) is 0 Å². The molecule has 2 atom stereocenters. The van der Waals surface area contributed by atoms with Crippen molar-refractivity contribution in [3.63, 3.8) is 0 Å². The molecule has 6 nitrogen and oxygen atoms in total. The highest BCUT2D eigenvalue weighted by atomic mass is 16.3. The molecule has 0 aliphatic heterocycles. The minimum absolute atomic E-state index is 0.0259. The first-order valence-corrected chi connectivity index (χ1v) is 8.38. The van der Waals surface area contributed by atoms with Crippen LogP contribution in [0.2, 0.25) is 0 Å². The summed E-state index contributed by atoms with van der Waals surface area (Å²) in [6.07, 6.45) is 10.8. The van der Waals surface area contributed by atoms with Gasteiger partial charge in [0.15, 0.2) is 0 Å². The molecule has 2 amide bonds. The summed E-state index contributed by atoms with van der Waals surface area (Å²) in [5, 5.41) is 10.3. The number of nitrogens with one attached hydrogen (secondary N) is 2. The van der Waals surface area contributed by atoms with E-state index in [-0.39, 0.29) is 12.1 Å². The molecule has 23 heavy (non-hydrogen) atoms. The van der Waals surface area contributed by atoms with Crippen LogP contribution in [0.25, 0.3) is 0 Å². The zero-order valence-corrected chi connectivity index (χ0v) is 13.3. The second-order valence-electron chi connectivity index (χ2n) is 6.63. The molecule has 4 rings (SSSR count). The zero-order valence-electron chi connectivity index (χ0n) is 13.3. The number of hydrogen-bond donors (Lipinski definition) is 2. The lowest BCUT2D eigenvalue weighted by atomic mass is 9.93. The molecule has 0 unspecified atom stereocenters. The lowest BCUT2D eigenvalue weighted by Crippen LogP contribution is -2.33. The van der Waals surface area contributed by atoms with Crippen LogP contribution in [0.5, 0.6) is 0 Å². The SMILES string of the molecule is C[C@H](C1CC1)n1cc(NC(=O)N[C@H]2CCCc3occc32)cn1. The number of nitrogens with zero attached hydrogens (tertiary/aromatic N) is 2. The van der Waals surface area contributed by atoms with Crippen LogP contribution in [-0.4, -0.2) is 15.8 Å². The molecule has 0 bridgehead atoms. The summed E-state index contributed by atoms with van der Waals surface area (Å²) in [7, 11) is 0. The molecule has 2 aromatic rings. The number of urea groups is 1. The quantitative estimate of drug-likeness (QED) is 0.905. The molecule has 2 aromatic heterocycles. The predicted octanol–water partition coefficient (Wildman–Crippen LogP) is 3.65. The molecule has 6 heteroatoms. The molecule has 2 N–H and O–H groups in total. The van der Waals surface area contributed by atoms with E-state index in [1.165, 1.54) is 12.8 Å². The Morgan fingerprint density at radius 2 is 2.30 bits per heavy atom. The molecule has 0 aromatic carbocycles.